The van der Waals surface area contributed by atoms with Gasteiger partial charge in [0.15, 0.2) is 0 Å². The van der Waals surface area contributed by atoms with Gasteiger partial charge in [0.1, 0.15) is 16.0 Å². The number of carbonyl (C=O) groups excluding carboxylic acids is 1. The molecule has 1 atom stereocenters. The van der Waals surface area contributed by atoms with E-state index in [0.29, 0.717) is 21.8 Å². The van der Waals surface area contributed by atoms with Gasteiger partial charge in [-0.1, -0.05) is 26.1 Å². The van der Waals surface area contributed by atoms with Crippen LogP contribution in [0.1, 0.15) is 48.1 Å². The Morgan fingerprint density at radius 1 is 1.62 bits per heavy atom. The predicted molar refractivity (Wildman–Crippen MR) is 64.2 cm³/mol. The summed E-state index contributed by atoms with van der Waals surface area (Å²) in [7, 11) is 1.33. The second kappa shape index (κ2) is 5.21. The van der Waals surface area contributed by atoms with Gasteiger partial charge < -0.3 is 9.72 Å². The molecule has 0 aliphatic rings. The molecule has 0 aliphatic carbocycles. The molecular weight excluding hydrogens is 224 g/mol. The van der Waals surface area contributed by atoms with Crippen LogP contribution in [-0.4, -0.2) is 23.0 Å². The lowest BCUT2D eigenvalue weighted by molar-refractivity contribution is 0.0598. The second-order valence-electron chi connectivity index (χ2n) is 3.73. The first-order chi connectivity index (χ1) is 7.51. The molecule has 1 rings (SSSR count). The summed E-state index contributed by atoms with van der Waals surface area (Å²) in [5.41, 5.74) is 1.06. The normalized spacial score (nSPS) is 12.2. The molecule has 88 valence electrons. The first-order valence-corrected chi connectivity index (χ1v) is 5.61. The number of carbonyl (C=O) groups is 1. The molecule has 0 aliphatic heterocycles. The van der Waals surface area contributed by atoms with Crippen LogP contribution in [0.25, 0.3) is 0 Å². The molecule has 0 amide bonds. The van der Waals surface area contributed by atoms with Crippen LogP contribution >= 0.6 is 12.2 Å². The van der Waals surface area contributed by atoms with Crippen LogP contribution in [0.2, 0.25) is 0 Å². The van der Waals surface area contributed by atoms with Gasteiger partial charge >= 0.3 is 5.97 Å². The van der Waals surface area contributed by atoms with Gasteiger partial charge in [-0.2, -0.15) is 0 Å². The molecule has 5 heteroatoms. The van der Waals surface area contributed by atoms with Crippen molar-refractivity contribution in [2.45, 2.75) is 33.1 Å². The Morgan fingerprint density at radius 3 is 2.69 bits per heavy atom. The van der Waals surface area contributed by atoms with E-state index in [1.807, 2.05) is 0 Å². The SMILES string of the molecule is CCC(C)c1nc(=S)c(C(=O)OC)c(C)[nH]1. The summed E-state index contributed by atoms with van der Waals surface area (Å²) in [5, 5.41) is 0. The number of hydrogen-bond acceptors (Lipinski definition) is 4. The van der Waals surface area contributed by atoms with Crippen LogP contribution in [0, 0.1) is 11.6 Å². The molecule has 0 fully saturated rings. The van der Waals surface area contributed by atoms with Gasteiger partial charge in [0, 0.05) is 11.6 Å². The first kappa shape index (κ1) is 12.8. The lowest BCUT2D eigenvalue weighted by Crippen LogP contribution is -2.11. The summed E-state index contributed by atoms with van der Waals surface area (Å²) in [4.78, 5) is 18.8. The minimum atomic E-state index is -0.443. The number of hydrogen-bond donors (Lipinski definition) is 1. The largest absolute Gasteiger partial charge is 0.465 e. The van der Waals surface area contributed by atoms with E-state index in [1.165, 1.54) is 7.11 Å². The average Bonchev–Trinajstić information content (AvgIpc) is 2.26. The fraction of sp³-hybridized carbons (Fsp3) is 0.545. The van der Waals surface area contributed by atoms with E-state index in [0.717, 1.165) is 12.2 Å². The maximum absolute atomic E-state index is 11.5. The average molecular weight is 240 g/mol. The number of aromatic amines is 1. The monoisotopic (exact) mass is 240 g/mol. The molecule has 0 aromatic carbocycles. The Balaban J connectivity index is 3.28. The quantitative estimate of drug-likeness (QED) is 0.652. The van der Waals surface area contributed by atoms with E-state index in [1.54, 1.807) is 6.92 Å². The number of rotatable bonds is 3. The fourth-order valence-corrected chi connectivity index (χ4v) is 1.71. The van der Waals surface area contributed by atoms with Crippen molar-refractivity contribution in [1.29, 1.82) is 0 Å². The van der Waals surface area contributed by atoms with Gasteiger partial charge in [0.25, 0.3) is 0 Å². The standard InChI is InChI=1S/C11H16N2O2S/c1-5-6(2)9-12-7(3)8(10(16)13-9)11(14)15-4/h6H,5H2,1-4H3,(H,12,13,16). The number of H-pyrrole nitrogens is 1. The zero-order valence-electron chi connectivity index (χ0n) is 9.96. The molecule has 16 heavy (non-hydrogen) atoms. The van der Waals surface area contributed by atoms with Crippen LogP contribution in [0.3, 0.4) is 0 Å². The van der Waals surface area contributed by atoms with Crippen molar-refractivity contribution in [3.05, 3.63) is 21.7 Å². The van der Waals surface area contributed by atoms with Gasteiger partial charge in [0.2, 0.25) is 0 Å². The van der Waals surface area contributed by atoms with E-state index >= 15 is 0 Å². The third kappa shape index (κ3) is 2.47. The maximum Gasteiger partial charge on any atom is 0.342 e. The number of methoxy groups -OCH3 is 1. The summed E-state index contributed by atoms with van der Waals surface area (Å²) < 4.78 is 4.96. The molecule has 0 saturated heterocycles. The Labute approximate surface area is 100 Å². The molecule has 1 aromatic heterocycles. The lowest BCUT2D eigenvalue weighted by Gasteiger charge is -2.11. The van der Waals surface area contributed by atoms with Crippen LogP contribution in [-0.2, 0) is 4.74 Å². The Hall–Kier alpha value is -1.23. The van der Waals surface area contributed by atoms with E-state index in [9.17, 15) is 4.79 Å². The van der Waals surface area contributed by atoms with E-state index in [-0.39, 0.29) is 0 Å². The van der Waals surface area contributed by atoms with Gasteiger partial charge in [-0.3, -0.25) is 0 Å². The summed E-state index contributed by atoms with van der Waals surface area (Å²) in [6.07, 6.45) is 0.968. The number of ether oxygens (including phenoxy) is 1. The summed E-state index contributed by atoms with van der Waals surface area (Å²) in [5.74, 6) is 0.673. The van der Waals surface area contributed by atoms with Gasteiger partial charge in [-0.15, -0.1) is 0 Å². The number of aromatic nitrogens is 2. The van der Waals surface area contributed by atoms with Crippen LogP contribution < -0.4 is 0 Å². The Morgan fingerprint density at radius 2 is 2.25 bits per heavy atom. The van der Waals surface area contributed by atoms with Crippen molar-refractivity contribution >= 4 is 18.2 Å². The number of nitrogens with one attached hydrogen (secondary N) is 1. The van der Waals surface area contributed by atoms with Crippen molar-refractivity contribution in [3.63, 3.8) is 0 Å². The maximum atomic E-state index is 11.5. The van der Waals surface area contributed by atoms with Crippen LogP contribution in [0.15, 0.2) is 0 Å². The molecule has 1 heterocycles. The molecular formula is C11H16N2O2S. The predicted octanol–water partition coefficient (Wildman–Crippen LogP) is 2.75. The van der Waals surface area contributed by atoms with Crippen LogP contribution in [0.5, 0.6) is 0 Å². The zero-order chi connectivity index (χ0) is 12.3. The van der Waals surface area contributed by atoms with E-state index in [2.05, 4.69) is 28.6 Å². The fourth-order valence-electron chi connectivity index (χ4n) is 1.38. The molecule has 4 nitrogen and oxygen atoms in total. The van der Waals surface area contributed by atoms with Crippen molar-refractivity contribution < 1.29 is 9.53 Å². The van der Waals surface area contributed by atoms with Crippen molar-refractivity contribution in [2.75, 3.05) is 7.11 Å². The summed E-state index contributed by atoms with van der Waals surface area (Å²) in [6.45, 7) is 5.94. The number of esters is 1. The third-order valence-electron chi connectivity index (χ3n) is 2.60. The summed E-state index contributed by atoms with van der Waals surface area (Å²) >= 11 is 5.10. The van der Waals surface area contributed by atoms with E-state index in [4.69, 9.17) is 12.2 Å². The van der Waals surface area contributed by atoms with E-state index < -0.39 is 5.97 Å². The second-order valence-corrected chi connectivity index (χ2v) is 4.11. The molecule has 0 radical (unpaired) electrons. The minimum Gasteiger partial charge on any atom is -0.465 e. The lowest BCUT2D eigenvalue weighted by atomic mass is 10.1. The molecule has 1 N–H and O–H groups in total. The molecule has 1 aromatic rings. The Kier molecular flexibility index (Phi) is 4.18. The summed E-state index contributed by atoms with van der Waals surface area (Å²) in [6, 6.07) is 0. The third-order valence-corrected chi connectivity index (χ3v) is 2.89. The highest BCUT2D eigenvalue weighted by Gasteiger charge is 2.15. The van der Waals surface area contributed by atoms with Crippen molar-refractivity contribution in [3.8, 4) is 0 Å². The molecule has 0 bridgehead atoms. The van der Waals surface area contributed by atoms with Crippen molar-refractivity contribution in [1.82, 2.24) is 9.97 Å². The van der Waals surface area contributed by atoms with Gasteiger partial charge in [-0.05, 0) is 13.3 Å². The zero-order valence-corrected chi connectivity index (χ0v) is 10.8. The van der Waals surface area contributed by atoms with Gasteiger partial charge in [0.05, 0.1) is 7.11 Å². The molecule has 0 spiro atoms. The first-order valence-electron chi connectivity index (χ1n) is 5.20. The molecule has 0 saturated carbocycles. The molecule has 1 unspecified atom stereocenters. The van der Waals surface area contributed by atoms with Crippen LogP contribution in [0.4, 0.5) is 0 Å². The minimum absolute atomic E-state index is 0.298. The number of nitrogens with zero attached hydrogens (tertiary/aromatic N) is 1. The highest BCUT2D eigenvalue weighted by atomic mass is 32.1. The van der Waals surface area contributed by atoms with Gasteiger partial charge in [-0.25, -0.2) is 9.78 Å². The Bertz CT molecular complexity index is 454. The number of aryl methyl sites for hydroxylation is 1. The topological polar surface area (TPSA) is 55.0 Å². The smallest absolute Gasteiger partial charge is 0.342 e. The van der Waals surface area contributed by atoms with Crippen molar-refractivity contribution in [2.24, 2.45) is 0 Å². The highest BCUT2D eigenvalue weighted by molar-refractivity contribution is 7.71. The highest BCUT2D eigenvalue weighted by Crippen LogP contribution is 2.17.